The number of aliphatic hydroxyl groups is 1. The molecule has 0 bridgehead atoms. The van der Waals surface area contributed by atoms with Crippen molar-refractivity contribution >= 4 is 21.6 Å². The van der Waals surface area contributed by atoms with Crippen LogP contribution < -0.4 is 4.72 Å². The Morgan fingerprint density at radius 2 is 2.06 bits per heavy atom. The van der Waals surface area contributed by atoms with E-state index in [0.717, 1.165) is 0 Å². The molecule has 0 saturated heterocycles. The molecule has 0 radical (unpaired) electrons. The first kappa shape index (κ1) is 13.4. The summed E-state index contributed by atoms with van der Waals surface area (Å²) in [6.07, 6.45) is 0.514. The Balaban J connectivity index is 2.99. The Morgan fingerprint density at radius 3 is 2.56 bits per heavy atom. The summed E-state index contributed by atoms with van der Waals surface area (Å²) in [5.41, 5.74) is 0. The van der Waals surface area contributed by atoms with Crippen LogP contribution in [0, 0.1) is 0 Å². The molecule has 1 atom stereocenters. The van der Waals surface area contributed by atoms with E-state index >= 15 is 0 Å². The molecule has 0 amide bonds. The van der Waals surface area contributed by atoms with Gasteiger partial charge < -0.3 is 5.11 Å². The number of rotatable bonds is 5. The fourth-order valence-electron chi connectivity index (χ4n) is 1.20. The van der Waals surface area contributed by atoms with Gasteiger partial charge in [-0.25, -0.2) is 13.1 Å². The predicted octanol–water partition coefficient (Wildman–Crippen LogP) is 1.39. The first-order chi connectivity index (χ1) is 7.51. The van der Waals surface area contributed by atoms with Crippen molar-refractivity contribution in [1.29, 1.82) is 0 Å². The number of nitrogens with one attached hydrogen (secondary N) is 1. The van der Waals surface area contributed by atoms with Crippen LogP contribution >= 0.6 is 11.6 Å². The minimum Gasteiger partial charge on any atom is -0.395 e. The normalized spacial score (nSPS) is 13.7. The van der Waals surface area contributed by atoms with Gasteiger partial charge in [-0.1, -0.05) is 30.7 Å². The molecule has 0 aliphatic heterocycles. The van der Waals surface area contributed by atoms with Crippen molar-refractivity contribution in [1.82, 2.24) is 4.72 Å². The molecular formula is C10H14ClNO3S. The highest BCUT2D eigenvalue weighted by molar-refractivity contribution is 7.89. The lowest BCUT2D eigenvalue weighted by molar-refractivity contribution is 0.254. The molecule has 1 aromatic rings. The van der Waals surface area contributed by atoms with Gasteiger partial charge in [-0.2, -0.15) is 0 Å². The highest BCUT2D eigenvalue weighted by Gasteiger charge is 2.20. The summed E-state index contributed by atoms with van der Waals surface area (Å²) in [5, 5.41) is 9.11. The Labute approximate surface area is 100 Å². The maximum atomic E-state index is 11.9. The highest BCUT2D eigenvalue weighted by Crippen LogP contribution is 2.20. The molecule has 0 spiro atoms. The molecule has 90 valence electrons. The topological polar surface area (TPSA) is 66.4 Å². The second kappa shape index (κ2) is 5.63. The molecule has 0 heterocycles. The maximum Gasteiger partial charge on any atom is 0.242 e. The highest BCUT2D eigenvalue weighted by atomic mass is 35.5. The predicted molar refractivity (Wildman–Crippen MR) is 62.9 cm³/mol. The fraction of sp³-hybridized carbons (Fsp3) is 0.400. The Kier molecular flexibility index (Phi) is 4.73. The molecule has 2 N–H and O–H groups in total. The van der Waals surface area contributed by atoms with Gasteiger partial charge in [0.15, 0.2) is 0 Å². The number of benzene rings is 1. The van der Waals surface area contributed by atoms with Crippen molar-refractivity contribution in [2.75, 3.05) is 6.61 Å². The van der Waals surface area contributed by atoms with Gasteiger partial charge in [0.1, 0.15) is 4.90 Å². The van der Waals surface area contributed by atoms with Crippen LogP contribution in [0.3, 0.4) is 0 Å². The molecule has 0 aliphatic carbocycles. The lowest BCUT2D eigenvalue weighted by atomic mass is 10.3. The second-order valence-electron chi connectivity index (χ2n) is 3.34. The number of hydrogen-bond donors (Lipinski definition) is 2. The van der Waals surface area contributed by atoms with Crippen LogP contribution in [-0.4, -0.2) is 26.2 Å². The van der Waals surface area contributed by atoms with Crippen LogP contribution in [0.15, 0.2) is 29.2 Å². The molecule has 4 nitrogen and oxygen atoms in total. The SMILES string of the molecule is CC[C@@H](CO)NS(=O)(=O)c1ccccc1Cl. The summed E-state index contributed by atoms with van der Waals surface area (Å²) in [6, 6.07) is 5.71. The van der Waals surface area contributed by atoms with Gasteiger partial charge in [0, 0.05) is 6.04 Å². The van der Waals surface area contributed by atoms with Gasteiger partial charge >= 0.3 is 0 Å². The van der Waals surface area contributed by atoms with Crippen LogP contribution in [0.25, 0.3) is 0 Å². The first-order valence-electron chi connectivity index (χ1n) is 4.89. The van der Waals surface area contributed by atoms with Crippen LogP contribution in [-0.2, 0) is 10.0 Å². The zero-order valence-corrected chi connectivity index (χ0v) is 10.4. The standard InChI is InChI=1S/C10H14ClNO3S/c1-2-8(7-13)12-16(14,15)10-6-4-3-5-9(10)11/h3-6,8,12-13H,2,7H2,1H3/t8-/m0/s1. The molecule has 0 aliphatic rings. The molecule has 0 aromatic heterocycles. The van der Waals surface area contributed by atoms with E-state index in [1.807, 2.05) is 0 Å². The van der Waals surface area contributed by atoms with Gasteiger partial charge in [0.2, 0.25) is 10.0 Å². The minimum absolute atomic E-state index is 0.0311. The largest absolute Gasteiger partial charge is 0.395 e. The van der Waals surface area contributed by atoms with E-state index in [2.05, 4.69) is 4.72 Å². The Bertz CT molecular complexity index is 443. The van der Waals surface area contributed by atoms with E-state index < -0.39 is 16.1 Å². The third-order valence-corrected chi connectivity index (χ3v) is 4.18. The van der Waals surface area contributed by atoms with E-state index in [1.54, 1.807) is 19.1 Å². The monoisotopic (exact) mass is 263 g/mol. The first-order valence-corrected chi connectivity index (χ1v) is 6.75. The zero-order valence-electron chi connectivity index (χ0n) is 8.85. The third-order valence-electron chi connectivity index (χ3n) is 2.16. The third kappa shape index (κ3) is 3.18. The summed E-state index contributed by atoms with van der Waals surface area (Å²) in [5.74, 6) is 0. The molecule has 0 saturated carbocycles. The van der Waals surface area contributed by atoms with Crippen LogP contribution in [0.1, 0.15) is 13.3 Å². The smallest absolute Gasteiger partial charge is 0.242 e. The van der Waals surface area contributed by atoms with Crippen molar-refractivity contribution in [2.24, 2.45) is 0 Å². The molecule has 0 unspecified atom stereocenters. The molecule has 1 aromatic carbocycles. The lowest BCUT2D eigenvalue weighted by Gasteiger charge is -2.14. The zero-order chi connectivity index (χ0) is 12.2. The van der Waals surface area contributed by atoms with E-state index in [-0.39, 0.29) is 16.5 Å². The molecular weight excluding hydrogens is 250 g/mol. The van der Waals surface area contributed by atoms with Gasteiger partial charge in [-0.05, 0) is 18.6 Å². The number of halogens is 1. The van der Waals surface area contributed by atoms with E-state index in [4.69, 9.17) is 16.7 Å². The number of sulfonamides is 1. The van der Waals surface area contributed by atoms with Gasteiger partial charge in [-0.15, -0.1) is 0 Å². The molecule has 1 rings (SSSR count). The summed E-state index contributed by atoms with van der Waals surface area (Å²) in [7, 11) is -3.66. The van der Waals surface area contributed by atoms with Crippen molar-refractivity contribution in [2.45, 2.75) is 24.3 Å². The Hall–Kier alpha value is -0.620. The summed E-state index contributed by atoms with van der Waals surface area (Å²) in [6.45, 7) is 1.55. The van der Waals surface area contributed by atoms with Crippen LogP contribution in [0.5, 0.6) is 0 Å². The lowest BCUT2D eigenvalue weighted by Crippen LogP contribution is -2.37. The summed E-state index contributed by atoms with van der Waals surface area (Å²) < 4.78 is 26.1. The van der Waals surface area contributed by atoms with E-state index in [0.29, 0.717) is 6.42 Å². The van der Waals surface area contributed by atoms with Gasteiger partial charge in [0.05, 0.1) is 11.6 Å². The number of hydrogen-bond acceptors (Lipinski definition) is 3. The summed E-state index contributed by atoms with van der Waals surface area (Å²) in [4.78, 5) is 0.0311. The average Bonchev–Trinajstić information content (AvgIpc) is 2.26. The van der Waals surface area contributed by atoms with E-state index in [1.165, 1.54) is 12.1 Å². The second-order valence-corrected chi connectivity index (χ2v) is 5.43. The van der Waals surface area contributed by atoms with Gasteiger partial charge in [-0.3, -0.25) is 0 Å². The minimum atomic E-state index is -3.66. The van der Waals surface area contributed by atoms with Crippen molar-refractivity contribution in [3.05, 3.63) is 29.3 Å². The molecule has 6 heteroatoms. The Morgan fingerprint density at radius 1 is 1.44 bits per heavy atom. The van der Waals surface area contributed by atoms with Gasteiger partial charge in [0.25, 0.3) is 0 Å². The molecule has 0 fully saturated rings. The fourth-order valence-corrected chi connectivity index (χ4v) is 3.03. The van der Waals surface area contributed by atoms with E-state index in [9.17, 15) is 8.42 Å². The average molecular weight is 264 g/mol. The maximum absolute atomic E-state index is 11.9. The number of aliphatic hydroxyl groups excluding tert-OH is 1. The van der Waals surface area contributed by atoms with Crippen molar-refractivity contribution < 1.29 is 13.5 Å². The summed E-state index contributed by atoms with van der Waals surface area (Å²) >= 11 is 5.80. The van der Waals surface area contributed by atoms with Crippen LogP contribution in [0.2, 0.25) is 5.02 Å². The van der Waals surface area contributed by atoms with Crippen LogP contribution in [0.4, 0.5) is 0 Å². The van der Waals surface area contributed by atoms with Crippen molar-refractivity contribution in [3.63, 3.8) is 0 Å². The van der Waals surface area contributed by atoms with Crippen molar-refractivity contribution in [3.8, 4) is 0 Å². The molecule has 16 heavy (non-hydrogen) atoms. The quantitative estimate of drug-likeness (QED) is 0.844.